The molecule has 53 heavy (non-hydrogen) atoms. The third-order valence-corrected chi connectivity index (χ3v) is 9.22. The SMILES string of the molecule is CCOC(=O)CNC(=O)NCc1ccccc1-c1ccc([C@@H]2O[C@H](CN(Cc3ccccc3)Cc3ccccc3)C[C@H](c3ccc(CO)cc3)O2)cc1. The number of carbonyl (C=O) groups is 2. The number of nitrogens with zero attached hydrogens (tertiary/aromatic N) is 1. The van der Waals surface area contributed by atoms with Crippen molar-refractivity contribution < 1.29 is 28.9 Å². The number of esters is 1. The number of rotatable bonds is 15. The zero-order valence-corrected chi connectivity index (χ0v) is 30.0. The van der Waals surface area contributed by atoms with Gasteiger partial charge in [0, 0.05) is 38.2 Å². The lowest BCUT2D eigenvalue weighted by Gasteiger charge is -2.38. The van der Waals surface area contributed by atoms with Crippen molar-refractivity contribution in [3.05, 3.63) is 167 Å². The highest BCUT2D eigenvalue weighted by Crippen LogP contribution is 2.39. The van der Waals surface area contributed by atoms with Crippen LogP contribution < -0.4 is 10.6 Å². The molecule has 5 aromatic carbocycles. The number of carbonyl (C=O) groups excluding carboxylic acids is 2. The Kier molecular flexibility index (Phi) is 13.4. The molecule has 0 spiro atoms. The van der Waals surface area contributed by atoms with Gasteiger partial charge in [-0.15, -0.1) is 0 Å². The Morgan fingerprint density at radius 3 is 2.00 bits per heavy atom. The van der Waals surface area contributed by atoms with Crippen LogP contribution in [-0.4, -0.2) is 47.8 Å². The summed E-state index contributed by atoms with van der Waals surface area (Å²) in [5.74, 6) is -0.483. The van der Waals surface area contributed by atoms with Crippen molar-refractivity contribution in [1.82, 2.24) is 15.5 Å². The molecule has 274 valence electrons. The van der Waals surface area contributed by atoms with Crippen molar-refractivity contribution in [2.45, 2.75) is 58.1 Å². The van der Waals surface area contributed by atoms with Gasteiger partial charge in [0.15, 0.2) is 6.29 Å². The number of urea groups is 1. The molecule has 0 aromatic heterocycles. The number of benzene rings is 5. The van der Waals surface area contributed by atoms with Gasteiger partial charge in [-0.25, -0.2) is 4.79 Å². The third kappa shape index (κ3) is 10.8. The van der Waals surface area contributed by atoms with E-state index in [1.807, 2.05) is 84.9 Å². The maximum absolute atomic E-state index is 12.4. The summed E-state index contributed by atoms with van der Waals surface area (Å²) in [7, 11) is 0. The van der Waals surface area contributed by atoms with Crippen molar-refractivity contribution in [3.8, 4) is 11.1 Å². The molecule has 0 bridgehead atoms. The Morgan fingerprint density at radius 2 is 1.36 bits per heavy atom. The van der Waals surface area contributed by atoms with Crippen LogP contribution in [0.5, 0.6) is 0 Å². The van der Waals surface area contributed by atoms with Gasteiger partial charge >= 0.3 is 12.0 Å². The number of hydrogen-bond acceptors (Lipinski definition) is 7. The minimum Gasteiger partial charge on any atom is -0.465 e. The van der Waals surface area contributed by atoms with E-state index in [-0.39, 0.29) is 38.5 Å². The van der Waals surface area contributed by atoms with Crippen LogP contribution in [0.15, 0.2) is 133 Å². The molecular weight excluding hydrogens is 666 g/mol. The number of nitrogens with one attached hydrogen (secondary N) is 2. The molecule has 2 amide bonds. The van der Waals surface area contributed by atoms with Crippen LogP contribution >= 0.6 is 0 Å². The first-order valence-corrected chi connectivity index (χ1v) is 18.1. The highest BCUT2D eigenvalue weighted by atomic mass is 16.7. The number of aliphatic hydroxyl groups excluding tert-OH is 1. The highest BCUT2D eigenvalue weighted by Gasteiger charge is 2.33. The predicted octanol–water partition coefficient (Wildman–Crippen LogP) is 7.46. The van der Waals surface area contributed by atoms with E-state index < -0.39 is 18.3 Å². The van der Waals surface area contributed by atoms with E-state index in [2.05, 4.69) is 64.1 Å². The van der Waals surface area contributed by atoms with Crippen LogP contribution in [0.25, 0.3) is 11.1 Å². The standard InChI is InChI=1S/C44H47N3O6/c1-2-51-42(49)27-46-44(50)45-26-38-15-9-10-16-40(38)35-21-23-37(24-22-35)43-52-39(25-41(53-43)36-19-17-34(31-48)18-20-36)30-47(28-32-11-5-3-6-12-32)29-33-13-7-4-8-14-33/h3-24,39,41,43,48H,2,25-31H2,1H3,(H2,45,46,50)/t39-,41+,43+/m0/s1. The van der Waals surface area contributed by atoms with Gasteiger partial charge < -0.3 is 30.0 Å². The number of amides is 2. The van der Waals surface area contributed by atoms with Crippen molar-refractivity contribution in [1.29, 1.82) is 0 Å². The first-order chi connectivity index (χ1) is 26.0. The molecular formula is C44H47N3O6. The van der Waals surface area contributed by atoms with Crippen LogP contribution in [0.3, 0.4) is 0 Å². The van der Waals surface area contributed by atoms with E-state index in [0.29, 0.717) is 13.0 Å². The van der Waals surface area contributed by atoms with Crippen molar-refractivity contribution in [2.24, 2.45) is 0 Å². The Morgan fingerprint density at radius 1 is 0.736 bits per heavy atom. The van der Waals surface area contributed by atoms with Gasteiger partial charge in [-0.05, 0) is 45.9 Å². The van der Waals surface area contributed by atoms with Gasteiger partial charge in [-0.2, -0.15) is 0 Å². The zero-order chi connectivity index (χ0) is 36.8. The van der Waals surface area contributed by atoms with Gasteiger partial charge in [0.25, 0.3) is 0 Å². The molecule has 9 heteroatoms. The van der Waals surface area contributed by atoms with E-state index in [0.717, 1.165) is 46.5 Å². The molecule has 1 heterocycles. The van der Waals surface area contributed by atoms with Crippen LogP contribution in [-0.2, 0) is 45.2 Å². The maximum atomic E-state index is 12.4. The van der Waals surface area contributed by atoms with Crippen molar-refractivity contribution in [2.75, 3.05) is 19.7 Å². The van der Waals surface area contributed by atoms with Crippen LogP contribution in [0, 0.1) is 0 Å². The molecule has 3 N–H and O–H groups in total. The summed E-state index contributed by atoms with van der Waals surface area (Å²) in [4.78, 5) is 26.4. The van der Waals surface area contributed by atoms with E-state index in [1.54, 1.807) is 6.92 Å². The minimum atomic E-state index is -0.597. The van der Waals surface area contributed by atoms with E-state index >= 15 is 0 Å². The molecule has 0 unspecified atom stereocenters. The fourth-order valence-electron chi connectivity index (χ4n) is 6.57. The summed E-state index contributed by atoms with van der Waals surface area (Å²) in [6, 6.07) is 44.6. The Hall–Kier alpha value is -5.32. The summed E-state index contributed by atoms with van der Waals surface area (Å²) < 4.78 is 18.3. The molecule has 1 aliphatic heterocycles. The molecule has 6 rings (SSSR count). The molecule has 1 fully saturated rings. The summed E-state index contributed by atoms with van der Waals surface area (Å²) in [6.45, 7) is 4.33. The zero-order valence-electron chi connectivity index (χ0n) is 30.0. The molecule has 0 radical (unpaired) electrons. The Balaban J connectivity index is 1.20. The lowest BCUT2D eigenvalue weighted by Crippen LogP contribution is -2.39. The molecule has 5 aromatic rings. The topological polar surface area (TPSA) is 109 Å². The van der Waals surface area contributed by atoms with E-state index in [9.17, 15) is 14.7 Å². The predicted molar refractivity (Wildman–Crippen MR) is 204 cm³/mol. The largest absolute Gasteiger partial charge is 0.465 e. The Bertz CT molecular complexity index is 1850. The first kappa shape index (κ1) is 37.4. The second kappa shape index (κ2) is 19.0. The third-order valence-electron chi connectivity index (χ3n) is 9.22. The average molecular weight is 714 g/mol. The second-order valence-electron chi connectivity index (χ2n) is 13.1. The molecule has 3 atom stereocenters. The lowest BCUT2D eigenvalue weighted by molar-refractivity contribution is -0.253. The summed E-state index contributed by atoms with van der Waals surface area (Å²) in [6.07, 6.45) is -0.241. The van der Waals surface area contributed by atoms with Crippen LogP contribution in [0.4, 0.5) is 4.79 Å². The average Bonchev–Trinajstić information content (AvgIpc) is 3.20. The van der Waals surface area contributed by atoms with E-state index in [1.165, 1.54) is 11.1 Å². The lowest BCUT2D eigenvalue weighted by atomic mass is 9.97. The van der Waals surface area contributed by atoms with Gasteiger partial charge in [-0.3, -0.25) is 9.69 Å². The maximum Gasteiger partial charge on any atom is 0.325 e. The Labute approximate surface area is 311 Å². The van der Waals surface area contributed by atoms with Gasteiger partial charge in [0.2, 0.25) is 0 Å². The van der Waals surface area contributed by atoms with E-state index in [4.69, 9.17) is 14.2 Å². The summed E-state index contributed by atoms with van der Waals surface area (Å²) in [5, 5.41) is 15.0. The molecule has 9 nitrogen and oxygen atoms in total. The molecule has 1 saturated heterocycles. The number of hydrogen-bond donors (Lipinski definition) is 3. The fraction of sp³-hybridized carbons (Fsp3) is 0.273. The number of aliphatic hydroxyl groups is 1. The molecule has 0 saturated carbocycles. The fourth-order valence-corrected chi connectivity index (χ4v) is 6.57. The molecule has 1 aliphatic rings. The second-order valence-corrected chi connectivity index (χ2v) is 13.1. The number of ether oxygens (including phenoxy) is 3. The first-order valence-electron chi connectivity index (χ1n) is 18.1. The van der Waals surface area contributed by atoms with Gasteiger partial charge in [0.05, 0.1) is 25.4 Å². The monoisotopic (exact) mass is 713 g/mol. The summed E-state index contributed by atoms with van der Waals surface area (Å²) in [5.41, 5.74) is 8.18. The summed E-state index contributed by atoms with van der Waals surface area (Å²) >= 11 is 0. The van der Waals surface area contributed by atoms with Crippen molar-refractivity contribution >= 4 is 12.0 Å². The van der Waals surface area contributed by atoms with Gasteiger partial charge in [0.1, 0.15) is 6.54 Å². The van der Waals surface area contributed by atoms with Crippen molar-refractivity contribution in [3.63, 3.8) is 0 Å². The van der Waals surface area contributed by atoms with Crippen LogP contribution in [0.2, 0.25) is 0 Å². The van der Waals surface area contributed by atoms with Crippen LogP contribution in [0.1, 0.15) is 59.1 Å². The smallest absolute Gasteiger partial charge is 0.325 e. The minimum absolute atomic E-state index is 0.0116. The highest BCUT2D eigenvalue weighted by molar-refractivity contribution is 5.81. The quantitative estimate of drug-likeness (QED) is 0.0968. The normalized spacial score (nSPS) is 16.9. The van der Waals surface area contributed by atoms with Gasteiger partial charge in [-0.1, -0.05) is 133 Å². The molecule has 0 aliphatic carbocycles.